The summed E-state index contributed by atoms with van der Waals surface area (Å²) in [5.74, 6) is 1.56. The van der Waals surface area contributed by atoms with Gasteiger partial charge in [0.05, 0.1) is 25.6 Å². The van der Waals surface area contributed by atoms with Gasteiger partial charge in [0, 0.05) is 0 Å². The molecule has 0 N–H and O–H groups in total. The molecule has 0 aliphatic rings. The topological polar surface area (TPSA) is 70.5 Å². The number of hydrogen-bond acceptors (Lipinski definition) is 6. The number of esters is 1. The molecule has 0 unspecified atom stereocenters. The van der Waals surface area contributed by atoms with E-state index in [1.807, 2.05) is 0 Å². The van der Waals surface area contributed by atoms with Crippen LogP contribution < -0.4 is 14.2 Å². The highest BCUT2D eigenvalue weighted by molar-refractivity contribution is 5.88. The molecule has 6 nitrogen and oxygen atoms in total. The van der Waals surface area contributed by atoms with Crippen LogP contribution in [0.15, 0.2) is 36.7 Å². The highest BCUT2D eigenvalue weighted by Gasteiger charge is 2.12. The van der Waals surface area contributed by atoms with Crippen LogP contribution in [0.1, 0.15) is 115 Å². The van der Waals surface area contributed by atoms with Gasteiger partial charge in [-0.1, -0.05) is 97.8 Å². The number of ether oxygens (including phenoxy) is 3. The van der Waals surface area contributed by atoms with Gasteiger partial charge >= 0.3 is 5.97 Å². The molecular weight excluding hydrogens is 452 g/mol. The van der Waals surface area contributed by atoms with Crippen LogP contribution in [-0.4, -0.2) is 29.2 Å². The summed E-state index contributed by atoms with van der Waals surface area (Å²) in [4.78, 5) is 20.7. The van der Waals surface area contributed by atoms with Crippen molar-refractivity contribution < 1.29 is 19.0 Å². The molecule has 0 amide bonds. The normalized spacial score (nSPS) is 11.8. The quantitative estimate of drug-likeness (QED) is 0.104. The van der Waals surface area contributed by atoms with E-state index in [-0.39, 0.29) is 5.69 Å². The van der Waals surface area contributed by atoms with Gasteiger partial charge < -0.3 is 14.2 Å². The molecule has 0 radical (unpaired) electrons. The molecule has 0 saturated heterocycles. The Morgan fingerprint density at radius 3 is 1.89 bits per heavy atom. The summed E-state index contributed by atoms with van der Waals surface area (Å²) >= 11 is 0. The predicted molar refractivity (Wildman–Crippen MR) is 145 cm³/mol. The first-order chi connectivity index (χ1) is 17.6. The molecule has 2 aromatic rings. The Morgan fingerprint density at radius 2 is 1.33 bits per heavy atom. The maximum absolute atomic E-state index is 12.4. The molecule has 0 bridgehead atoms. The van der Waals surface area contributed by atoms with Crippen LogP contribution in [0.2, 0.25) is 0 Å². The van der Waals surface area contributed by atoms with E-state index in [9.17, 15) is 4.79 Å². The first-order valence-electron chi connectivity index (χ1n) is 14.0. The lowest BCUT2D eigenvalue weighted by molar-refractivity contribution is 0.0727. The molecule has 1 aromatic heterocycles. The summed E-state index contributed by atoms with van der Waals surface area (Å²) in [5.41, 5.74) is 0.143. The summed E-state index contributed by atoms with van der Waals surface area (Å²) in [7, 11) is 0. The SMILES string of the molecule is CCCCCCCCCCCCCCOc1cnc(C(=O)Oc2ccc(OC[C@@H](C)CC)cc2)cn1. The fourth-order valence-corrected chi connectivity index (χ4v) is 3.74. The molecule has 200 valence electrons. The van der Waals surface area contributed by atoms with Crippen molar-refractivity contribution in [3.05, 3.63) is 42.4 Å². The minimum atomic E-state index is -0.553. The third kappa shape index (κ3) is 12.9. The van der Waals surface area contributed by atoms with Crippen LogP contribution in [0.3, 0.4) is 0 Å². The minimum Gasteiger partial charge on any atom is -0.493 e. The van der Waals surface area contributed by atoms with Gasteiger partial charge in [-0.3, -0.25) is 0 Å². The molecule has 36 heavy (non-hydrogen) atoms. The molecule has 6 heteroatoms. The fraction of sp³-hybridized carbons (Fsp3) is 0.633. The van der Waals surface area contributed by atoms with Gasteiger partial charge in [0.2, 0.25) is 5.88 Å². The van der Waals surface area contributed by atoms with Crippen molar-refractivity contribution in [3.8, 4) is 17.4 Å². The Hall–Kier alpha value is -2.63. The van der Waals surface area contributed by atoms with Crippen molar-refractivity contribution in [3.63, 3.8) is 0 Å². The zero-order valence-electron chi connectivity index (χ0n) is 22.7. The zero-order valence-corrected chi connectivity index (χ0v) is 22.7. The van der Waals surface area contributed by atoms with Gasteiger partial charge in [0.1, 0.15) is 11.5 Å². The second kappa shape index (κ2) is 18.6. The third-order valence-electron chi connectivity index (χ3n) is 6.35. The minimum absolute atomic E-state index is 0.143. The highest BCUT2D eigenvalue weighted by Crippen LogP contribution is 2.20. The number of hydrogen-bond donors (Lipinski definition) is 0. The molecule has 1 heterocycles. The van der Waals surface area contributed by atoms with Gasteiger partial charge in [0.15, 0.2) is 5.69 Å². The van der Waals surface area contributed by atoms with Crippen molar-refractivity contribution in [1.82, 2.24) is 9.97 Å². The summed E-state index contributed by atoms with van der Waals surface area (Å²) in [5, 5.41) is 0. The number of unbranched alkanes of at least 4 members (excludes halogenated alkanes) is 11. The van der Waals surface area contributed by atoms with Crippen LogP contribution in [0.4, 0.5) is 0 Å². The Labute approximate surface area is 218 Å². The Balaban J connectivity index is 1.55. The van der Waals surface area contributed by atoms with Crippen LogP contribution in [0.25, 0.3) is 0 Å². The van der Waals surface area contributed by atoms with Crippen LogP contribution in [0, 0.1) is 5.92 Å². The molecule has 1 aromatic carbocycles. The van der Waals surface area contributed by atoms with E-state index in [0.717, 1.165) is 25.0 Å². The van der Waals surface area contributed by atoms with Crippen molar-refractivity contribution >= 4 is 5.97 Å². The molecule has 2 rings (SSSR count). The molecule has 0 aliphatic carbocycles. The predicted octanol–water partition coefficient (Wildman–Crippen LogP) is 8.20. The summed E-state index contributed by atoms with van der Waals surface area (Å²) in [6, 6.07) is 7.01. The smallest absolute Gasteiger partial charge is 0.363 e. The maximum Gasteiger partial charge on any atom is 0.363 e. The Kier molecular flexibility index (Phi) is 15.3. The van der Waals surface area contributed by atoms with Crippen LogP contribution in [-0.2, 0) is 0 Å². The maximum atomic E-state index is 12.4. The lowest BCUT2D eigenvalue weighted by Gasteiger charge is -2.11. The fourth-order valence-electron chi connectivity index (χ4n) is 3.74. The molecular formula is C30H46N2O4. The van der Waals surface area contributed by atoms with E-state index >= 15 is 0 Å². The van der Waals surface area contributed by atoms with Gasteiger partial charge in [-0.2, -0.15) is 0 Å². The molecule has 1 atom stereocenters. The van der Waals surface area contributed by atoms with Crippen molar-refractivity contribution in [2.45, 2.75) is 104 Å². The van der Waals surface area contributed by atoms with Crippen molar-refractivity contribution in [2.75, 3.05) is 13.2 Å². The average Bonchev–Trinajstić information content (AvgIpc) is 2.91. The van der Waals surface area contributed by atoms with E-state index in [2.05, 4.69) is 30.7 Å². The third-order valence-corrected chi connectivity index (χ3v) is 6.35. The zero-order chi connectivity index (χ0) is 25.8. The monoisotopic (exact) mass is 498 g/mol. The van der Waals surface area contributed by atoms with E-state index in [0.29, 0.717) is 30.8 Å². The van der Waals surface area contributed by atoms with Crippen LogP contribution in [0.5, 0.6) is 17.4 Å². The Morgan fingerprint density at radius 1 is 0.750 bits per heavy atom. The molecule has 0 spiro atoms. The number of rotatable bonds is 20. The highest BCUT2D eigenvalue weighted by atomic mass is 16.5. The standard InChI is InChI=1S/C30H46N2O4/c1-4-6-7-8-9-10-11-12-13-14-15-16-21-34-29-23-31-28(22-32-29)30(33)36-27-19-17-26(18-20-27)35-24-25(3)5-2/h17-20,22-23,25H,4-16,21,24H2,1-3H3/t25-/m0/s1. The lowest BCUT2D eigenvalue weighted by Crippen LogP contribution is -2.11. The van der Waals surface area contributed by atoms with Gasteiger partial charge in [-0.15, -0.1) is 0 Å². The van der Waals surface area contributed by atoms with Crippen molar-refractivity contribution in [2.24, 2.45) is 5.92 Å². The molecule has 0 fully saturated rings. The number of aromatic nitrogens is 2. The summed E-state index contributed by atoms with van der Waals surface area (Å²) in [6.45, 7) is 7.83. The van der Waals surface area contributed by atoms with Crippen molar-refractivity contribution in [1.29, 1.82) is 0 Å². The summed E-state index contributed by atoms with van der Waals surface area (Å²) < 4.78 is 16.8. The second-order valence-electron chi connectivity index (χ2n) is 9.66. The number of benzene rings is 1. The Bertz CT molecular complexity index is 824. The molecule has 0 aliphatic heterocycles. The summed E-state index contributed by atoms with van der Waals surface area (Å²) in [6.07, 6.45) is 19.6. The van der Waals surface area contributed by atoms with E-state index in [4.69, 9.17) is 14.2 Å². The first kappa shape index (κ1) is 29.6. The van der Waals surface area contributed by atoms with E-state index < -0.39 is 5.97 Å². The number of nitrogens with zero attached hydrogens (tertiary/aromatic N) is 2. The lowest BCUT2D eigenvalue weighted by atomic mass is 10.1. The van der Waals surface area contributed by atoms with Gasteiger partial charge in [-0.25, -0.2) is 14.8 Å². The largest absolute Gasteiger partial charge is 0.493 e. The molecule has 0 saturated carbocycles. The first-order valence-corrected chi connectivity index (χ1v) is 14.0. The van der Waals surface area contributed by atoms with E-state index in [1.54, 1.807) is 24.3 Å². The average molecular weight is 499 g/mol. The van der Waals surface area contributed by atoms with Gasteiger partial charge in [0.25, 0.3) is 0 Å². The number of carbonyl (C=O) groups excluding carboxylic acids is 1. The van der Waals surface area contributed by atoms with Crippen LogP contribution >= 0.6 is 0 Å². The van der Waals surface area contributed by atoms with E-state index in [1.165, 1.54) is 76.6 Å². The second-order valence-corrected chi connectivity index (χ2v) is 9.66. The number of carbonyl (C=O) groups is 1. The van der Waals surface area contributed by atoms with Gasteiger partial charge in [-0.05, 0) is 36.6 Å².